The molecule has 0 saturated heterocycles. The third kappa shape index (κ3) is 5.51. The number of carbonyl (C=O) groups excluding carboxylic acids is 1. The number of nitrogens with zero attached hydrogens (tertiary/aromatic N) is 1. The number of carbonyl (C=O) groups is 1. The van der Waals surface area contributed by atoms with Gasteiger partial charge in [-0.1, -0.05) is 30.3 Å². The van der Waals surface area contributed by atoms with Crippen molar-refractivity contribution in [3.63, 3.8) is 0 Å². The van der Waals surface area contributed by atoms with Gasteiger partial charge in [0.05, 0.1) is 18.7 Å². The van der Waals surface area contributed by atoms with Gasteiger partial charge in [-0.15, -0.1) is 0 Å². The Labute approximate surface area is 163 Å². The Kier molecular flexibility index (Phi) is 6.52. The molecule has 0 aliphatic rings. The molecule has 0 fully saturated rings. The van der Waals surface area contributed by atoms with Gasteiger partial charge in [0.2, 0.25) is 0 Å². The molecule has 28 heavy (non-hydrogen) atoms. The highest BCUT2D eigenvalue weighted by Crippen LogP contribution is 2.29. The first-order chi connectivity index (χ1) is 13.6. The van der Waals surface area contributed by atoms with Crippen LogP contribution in [0.15, 0.2) is 66.9 Å². The SMILES string of the molecule is CCOc1cc(/C=C/c2ccccn2)ccc1OC(=O)Cc1ccc(F)cc1. The fraction of sp³-hybridized carbons (Fsp3) is 0.130. The van der Waals surface area contributed by atoms with Crippen LogP contribution in [0.3, 0.4) is 0 Å². The summed E-state index contributed by atoms with van der Waals surface area (Å²) in [7, 11) is 0. The molecular formula is C23H20FNO3. The van der Waals surface area contributed by atoms with E-state index in [2.05, 4.69) is 4.98 Å². The minimum atomic E-state index is -0.440. The van der Waals surface area contributed by atoms with Crippen molar-refractivity contribution in [2.24, 2.45) is 0 Å². The van der Waals surface area contributed by atoms with Crippen LogP contribution in [-0.2, 0) is 11.2 Å². The van der Waals surface area contributed by atoms with E-state index in [4.69, 9.17) is 9.47 Å². The number of benzene rings is 2. The molecule has 0 unspecified atom stereocenters. The maximum Gasteiger partial charge on any atom is 0.315 e. The molecule has 0 radical (unpaired) electrons. The first-order valence-corrected chi connectivity index (χ1v) is 8.95. The van der Waals surface area contributed by atoms with E-state index in [9.17, 15) is 9.18 Å². The number of hydrogen-bond acceptors (Lipinski definition) is 4. The third-order valence-corrected chi connectivity index (χ3v) is 3.89. The van der Waals surface area contributed by atoms with Crippen LogP contribution in [0.4, 0.5) is 4.39 Å². The molecule has 3 aromatic rings. The third-order valence-electron chi connectivity index (χ3n) is 3.89. The fourth-order valence-corrected chi connectivity index (χ4v) is 2.56. The largest absolute Gasteiger partial charge is 0.490 e. The molecule has 2 aromatic carbocycles. The Morgan fingerprint density at radius 2 is 1.86 bits per heavy atom. The summed E-state index contributed by atoms with van der Waals surface area (Å²) < 4.78 is 24.1. The van der Waals surface area contributed by atoms with E-state index < -0.39 is 5.97 Å². The maximum absolute atomic E-state index is 13.0. The second-order valence-electron chi connectivity index (χ2n) is 6.00. The van der Waals surface area contributed by atoms with Crippen LogP contribution < -0.4 is 9.47 Å². The van der Waals surface area contributed by atoms with Gasteiger partial charge in [0, 0.05) is 6.20 Å². The number of halogens is 1. The molecule has 142 valence electrons. The first kappa shape index (κ1) is 19.3. The monoisotopic (exact) mass is 377 g/mol. The number of aromatic nitrogens is 1. The second kappa shape index (κ2) is 9.46. The van der Waals surface area contributed by atoms with Crippen LogP contribution >= 0.6 is 0 Å². The van der Waals surface area contributed by atoms with Crippen LogP contribution in [0.1, 0.15) is 23.7 Å². The topological polar surface area (TPSA) is 48.4 Å². The molecular weight excluding hydrogens is 357 g/mol. The lowest BCUT2D eigenvalue weighted by Crippen LogP contribution is -2.12. The lowest BCUT2D eigenvalue weighted by Gasteiger charge is -2.11. The maximum atomic E-state index is 13.0. The van der Waals surface area contributed by atoms with E-state index in [1.807, 2.05) is 49.4 Å². The van der Waals surface area contributed by atoms with Crippen molar-refractivity contribution in [2.45, 2.75) is 13.3 Å². The minimum absolute atomic E-state index is 0.0488. The molecule has 1 aromatic heterocycles. The summed E-state index contributed by atoms with van der Waals surface area (Å²) in [6, 6.07) is 16.8. The van der Waals surface area contributed by atoms with Crippen LogP contribution in [0.5, 0.6) is 11.5 Å². The average Bonchev–Trinajstić information content (AvgIpc) is 2.71. The Bertz CT molecular complexity index is 953. The molecule has 1 heterocycles. The summed E-state index contributed by atoms with van der Waals surface area (Å²) >= 11 is 0. The molecule has 3 rings (SSSR count). The van der Waals surface area contributed by atoms with Gasteiger partial charge in [0.25, 0.3) is 0 Å². The summed E-state index contributed by atoms with van der Waals surface area (Å²) in [4.78, 5) is 16.5. The molecule has 5 heteroatoms. The summed E-state index contributed by atoms with van der Waals surface area (Å²) in [5, 5.41) is 0. The van der Waals surface area contributed by atoms with Crippen molar-refractivity contribution >= 4 is 18.1 Å². The summed E-state index contributed by atoms with van der Waals surface area (Å²) in [6.07, 6.45) is 5.59. The molecule has 0 spiro atoms. The second-order valence-corrected chi connectivity index (χ2v) is 6.00. The highest BCUT2D eigenvalue weighted by molar-refractivity contribution is 5.76. The number of hydrogen-bond donors (Lipinski definition) is 0. The zero-order valence-electron chi connectivity index (χ0n) is 15.5. The van der Waals surface area contributed by atoms with Crippen molar-refractivity contribution in [3.8, 4) is 11.5 Å². The van der Waals surface area contributed by atoms with E-state index >= 15 is 0 Å². The van der Waals surface area contributed by atoms with Gasteiger partial charge in [-0.05, 0) is 60.5 Å². The quantitative estimate of drug-likeness (QED) is 0.432. The zero-order chi connectivity index (χ0) is 19.8. The smallest absolute Gasteiger partial charge is 0.315 e. The van der Waals surface area contributed by atoms with Gasteiger partial charge in [-0.25, -0.2) is 4.39 Å². The summed E-state index contributed by atoms with van der Waals surface area (Å²) in [5.41, 5.74) is 2.42. The van der Waals surface area contributed by atoms with Gasteiger partial charge >= 0.3 is 5.97 Å². The van der Waals surface area contributed by atoms with E-state index in [1.54, 1.807) is 24.4 Å². The van der Waals surface area contributed by atoms with Crippen molar-refractivity contribution in [2.75, 3.05) is 6.61 Å². The van der Waals surface area contributed by atoms with Gasteiger partial charge in [-0.2, -0.15) is 0 Å². The van der Waals surface area contributed by atoms with E-state index in [0.29, 0.717) is 23.7 Å². The highest BCUT2D eigenvalue weighted by Gasteiger charge is 2.12. The van der Waals surface area contributed by atoms with Crippen molar-refractivity contribution in [1.82, 2.24) is 4.98 Å². The highest BCUT2D eigenvalue weighted by atomic mass is 19.1. The van der Waals surface area contributed by atoms with Crippen LogP contribution in [-0.4, -0.2) is 17.6 Å². The Hall–Kier alpha value is -3.47. The number of ether oxygens (including phenoxy) is 2. The molecule has 0 saturated carbocycles. The first-order valence-electron chi connectivity index (χ1n) is 8.95. The fourth-order valence-electron chi connectivity index (χ4n) is 2.56. The van der Waals surface area contributed by atoms with Crippen molar-refractivity contribution in [1.29, 1.82) is 0 Å². The summed E-state index contributed by atoms with van der Waals surface area (Å²) in [5.74, 6) is 0.0523. The van der Waals surface area contributed by atoms with Crippen molar-refractivity contribution < 1.29 is 18.7 Å². The standard InChI is InChI=1S/C23H20FNO3/c1-2-27-22-15-17(8-12-20-5-3-4-14-25-20)9-13-21(22)28-23(26)16-18-6-10-19(24)11-7-18/h3-15H,2,16H2,1H3/b12-8+. The van der Waals surface area contributed by atoms with E-state index in [-0.39, 0.29) is 12.2 Å². The van der Waals surface area contributed by atoms with Crippen molar-refractivity contribution in [3.05, 3.63) is 89.5 Å². The summed E-state index contributed by atoms with van der Waals surface area (Å²) in [6.45, 7) is 2.30. The molecule has 0 aliphatic carbocycles. The van der Waals surface area contributed by atoms with E-state index in [1.165, 1.54) is 12.1 Å². The minimum Gasteiger partial charge on any atom is -0.490 e. The normalized spacial score (nSPS) is 10.8. The lowest BCUT2D eigenvalue weighted by atomic mass is 10.1. The number of rotatable bonds is 7. The van der Waals surface area contributed by atoms with Gasteiger partial charge in [0.1, 0.15) is 5.82 Å². The number of pyridine rings is 1. The molecule has 4 nitrogen and oxygen atoms in total. The molecule has 0 bridgehead atoms. The molecule has 0 N–H and O–H groups in total. The zero-order valence-corrected chi connectivity index (χ0v) is 15.5. The molecule has 0 aliphatic heterocycles. The number of esters is 1. The molecule has 0 amide bonds. The Balaban J connectivity index is 1.72. The van der Waals surface area contributed by atoms with E-state index in [0.717, 1.165) is 11.3 Å². The van der Waals surface area contributed by atoms with Gasteiger partial charge < -0.3 is 9.47 Å². The van der Waals surface area contributed by atoms with Crippen LogP contribution in [0.2, 0.25) is 0 Å². The predicted molar refractivity (Wildman–Crippen MR) is 107 cm³/mol. The average molecular weight is 377 g/mol. The Morgan fingerprint density at radius 3 is 2.57 bits per heavy atom. The van der Waals surface area contributed by atoms with Gasteiger partial charge in [-0.3, -0.25) is 9.78 Å². The van der Waals surface area contributed by atoms with Crippen LogP contribution in [0, 0.1) is 5.82 Å². The molecule has 0 atom stereocenters. The van der Waals surface area contributed by atoms with Gasteiger partial charge in [0.15, 0.2) is 11.5 Å². The Morgan fingerprint density at radius 1 is 1.04 bits per heavy atom. The van der Waals surface area contributed by atoms with Crippen LogP contribution in [0.25, 0.3) is 12.2 Å². The predicted octanol–water partition coefficient (Wildman–Crippen LogP) is 4.94. The lowest BCUT2D eigenvalue weighted by molar-refractivity contribution is -0.133.